The Hall–Kier alpha value is -4.14. The Balaban J connectivity index is 1.08. The van der Waals surface area contributed by atoms with Crippen molar-refractivity contribution in [3.8, 4) is 22.4 Å². The van der Waals surface area contributed by atoms with E-state index in [4.69, 9.17) is 4.98 Å². The van der Waals surface area contributed by atoms with Gasteiger partial charge in [0.25, 0.3) is 0 Å². The number of rotatable bonds is 6. The molecule has 1 amide bonds. The number of piperidine rings is 1. The number of hydrogen-bond acceptors (Lipinski definition) is 6. The number of benzene rings is 2. The van der Waals surface area contributed by atoms with E-state index < -0.39 is 6.10 Å². The van der Waals surface area contributed by atoms with Crippen molar-refractivity contribution in [2.75, 3.05) is 13.1 Å². The maximum Gasteiger partial charge on any atom is 0.223 e. The lowest BCUT2D eigenvalue weighted by Gasteiger charge is -2.34. The van der Waals surface area contributed by atoms with E-state index in [0.29, 0.717) is 0 Å². The largest absolute Gasteiger partial charge is 0.391 e. The summed E-state index contributed by atoms with van der Waals surface area (Å²) < 4.78 is 1.83. The summed E-state index contributed by atoms with van der Waals surface area (Å²) in [5.74, 6) is 0.147. The molecule has 2 N–H and O–H groups in total. The zero-order chi connectivity index (χ0) is 29.3. The van der Waals surface area contributed by atoms with Gasteiger partial charge in [0, 0.05) is 41.2 Å². The number of amides is 1. The molecule has 3 aromatic heterocycles. The van der Waals surface area contributed by atoms with Crippen LogP contribution in [0.2, 0.25) is 0 Å². The van der Waals surface area contributed by atoms with Crippen LogP contribution in [0.4, 0.5) is 0 Å². The first-order chi connectivity index (χ1) is 21.0. The molecule has 5 aromatic rings. The van der Waals surface area contributed by atoms with E-state index in [1.165, 1.54) is 5.56 Å². The molecule has 43 heavy (non-hydrogen) atoms. The Morgan fingerprint density at radius 3 is 2.49 bits per heavy atom. The summed E-state index contributed by atoms with van der Waals surface area (Å²) in [6.07, 6.45) is 6.98. The van der Waals surface area contributed by atoms with Crippen LogP contribution in [-0.4, -0.2) is 60.7 Å². The molecule has 1 aliphatic carbocycles. The van der Waals surface area contributed by atoms with E-state index in [1.54, 1.807) is 0 Å². The monoisotopic (exact) mass is 574 g/mol. The number of carbonyl (C=O) groups excluding carboxylic acids is 1. The Bertz CT molecular complexity index is 1740. The van der Waals surface area contributed by atoms with Gasteiger partial charge >= 0.3 is 0 Å². The van der Waals surface area contributed by atoms with Crippen LogP contribution in [-0.2, 0) is 11.3 Å². The highest BCUT2D eigenvalue weighted by Crippen LogP contribution is 2.34. The number of aryl methyl sites for hydroxylation is 1. The van der Waals surface area contributed by atoms with Crippen LogP contribution in [0, 0.1) is 12.8 Å². The fourth-order valence-electron chi connectivity index (χ4n) is 6.67. The minimum absolute atomic E-state index is 0.0309. The van der Waals surface area contributed by atoms with Crippen LogP contribution in [0.3, 0.4) is 0 Å². The van der Waals surface area contributed by atoms with Gasteiger partial charge in [0.2, 0.25) is 5.91 Å². The van der Waals surface area contributed by atoms with E-state index in [1.807, 2.05) is 29.8 Å². The number of nitrogens with zero attached hydrogens (tertiary/aromatic N) is 5. The lowest BCUT2D eigenvalue weighted by molar-refractivity contribution is -0.128. The van der Waals surface area contributed by atoms with E-state index in [-0.39, 0.29) is 17.9 Å². The van der Waals surface area contributed by atoms with E-state index in [9.17, 15) is 9.90 Å². The van der Waals surface area contributed by atoms with Crippen molar-refractivity contribution in [1.82, 2.24) is 29.8 Å². The molecule has 2 aliphatic rings. The Kier molecular flexibility index (Phi) is 7.63. The number of likely N-dealkylation sites (tertiary alicyclic amines) is 1. The number of pyridine rings is 1. The summed E-state index contributed by atoms with van der Waals surface area (Å²) in [6.45, 7) is 4.61. The Labute approximate surface area is 251 Å². The molecular formula is C35H38N6O2. The molecule has 2 aromatic carbocycles. The molecular weight excluding hydrogens is 536 g/mol. The average Bonchev–Trinajstić information content (AvgIpc) is 3.43. The van der Waals surface area contributed by atoms with Gasteiger partial charge in [-0.05, 0) is 62.9 Å². The molecule has 0 radical (unpaired) electrons. The van der Waals surface area contributed by atoms with Crippen LogP contribution in [0.1, 0.15) is 49.8 Å². The zero-order valence-corrected chi connectivity index (χ0v) is 24.6. The van der Waals surface area contributed by atoms with Gasteiger partial charge in [-0.15, -0.1) is 0 Å². The molecule has 0 bridgehead atoms. The van der Waals surface area contributed by atoms with Crippen molar-refractivity contribution in [2.45, 2.75) is 64.1 Å². The molecule has 220 valence electrons. The van der Waals surface area contributed by atoms with Gasteiger partial charge in [-0.1, -0.05) is 67.4 Å². The first-order valence-corrected chi connectivity index (χ1v) is 15.5. The van der Waals surface area contributed by atoms with Crippen LogP contribution >= 0.6 is 0 Å². The summed E-state index contributed by atoms with van der Waals surface area (Å²) >= 11 is 0. The highest BCUT2D eigenvalue weighted by Gasteiger charge is 2.30. The fourth-order valence-corrected chi connectivity index (χ4v) is 6.67. The molecule has 4 heterocycles. The minimum atomic E-state index is -0.401. The van der Waals surface area contributed by atoms with E-state index >= 15 is 0 Å². The van der Waals surface area contributed by atoms with Crippen molar-refractivity contribution in [3.63, 3.8) is 0 Å². The molecule has 1 saturated carbocycles. The minimum Gasteiger partial charge on any atom is -0.391 e. The maximum atomic E-state index is 12.9. The molecule has 8 heteroatoms. The smallest absolute Gasteiger partial charge is 0.223 e. The second-order valence-corrected chi connectivity index (χ2v) is 12.2. The maximum absolute atomic E-state index is 12.9. The van der Waals surface area contributed by atoms with Crippen molar-refractivity contribution in [3.05, 3.63) is 84.2 Å². The molecule has 1 aliphatic heterocycles. The normalized spacial score (nSPS) is 20.0. The molecule has 7 rings (SSSR count). The number of nitrogens with one attached hydrogen (secondary N) is 1. The fraction of sp³-hybridized carbons (Fsp3) is 0.371. The standard InChI is InChI=1S/C35H38N6O2/c1-23-19-32-36-21-28-20-29(25-7-3-2-4-8-25)33(38-34(28)41(32)39-23)26-13-11-24(12-14-26)22-40-17-15-27(16-18-40)35(43)37-30-9-5-6-10-31(30)42/h2-4,7-8,11-14,19-21,27,30-31,42H,5-6,9-10,15-18,22H2,1H3,(H,37,43)/t30?,31-/m0/s1. The predicted molar refractivity (Wildman–Crippen MR) is 168 cm³/mol. The summed E-state index contributed by atoms with van der Waals surface area (Å²) in [5.41, 5.74) is 7.88. The lowest BCUT2D eigenvalue weighted by atomic mass is 9.90. The highest BCUT2D eigenvalue weighted by molar-refractivity contribution is 5.90. The second kappa shape index (κ2) is 11.9. The van der Waals surface area contributed by atoms with Crippen molar-refractivity contribution in [2.24, 2.45) is 5.92 Å². The van der Waals surface area contributed by atoms with Crippen molar-refractivity contribution < 1.29 is 9.90 Å². The number of fused-ring (bicyclic) bond motifs is 3. The number of aliphatic hydroxyl groups excluding tert-OH is 1. The van der Waals surface area contributed by atoms with E-state index in [0.717, 1.165) is 103 Å². The van der Waals surface area contributed by atoms with Gasteiger partial charge in [0.15, 0.2) is 11.3 Å². The number of aromatic nitrogens is 4. The third-order valence-electron chi connectivity index (χ3n) is 9.11. The van der Waals surface area contributed by atoms with Gasteiger partial charge in [-0.25, -0.2) is 9.97 Å². The average molecular weight is 575 g/mol. The molecule has 1 saturated heterocycles. The number of aliphatic hydroxyl groups is 1. The van der Waals surface area contributed by atoms with Gasteiger partial charge in [-0.2, -0.15) is 9.61 Å². The lowest BCUT2D eigenvalue weighted by Crippen LogP contribution is -2.49. The summed E-state index contributed by atoms with van der Waals surface area (Å²) in [4.78, 5) is 25.1. The number of hydrogen-bond donors (Lipinski definition) is 2. The Morgan fingerprint density at radius 1 is 0.953 bits per heavy atom. The van der Waals surface area contributed by atoms with Gasteiger partial charge < -0.3 is 10.4 Å². The summed E-state index contributed by atoms with van der Waals surface area (Å²) in [5, 5.41) is 19.0. The number of carbonyl (C=O) groups is 1. The summed E-state index contributed by atoms with van der Waals surface area (Å²) in [7, 11) is 0. The van der Waals surface area contributed by atoms with Crippen molar-refractivity contribution in [1.29, 1.82) is 0 Å². The Morgan fingerprint density at radius 2 is 1.72 bits per heavy atom. The van der Waals surface area contributed by atoms with Crippen molar-refractivity contribution >= 4 is 22.6 Å². The van der Waals surface area contributed by atoms with Crippen LogP contribution in [0.15, 0.2) is 72.9 Å². The molecule has 2 atom stereocenters. The molecule has 0 spiro atoms. The first kappa shape index (κ1) is 27.7. The molecule has 2 fully saturated rings. The SMILES string of the molecule is Cc1cc2ncc3cc(-c4ccccc4)c(-c4ccc(CN5CCC(C(=O)NC6CCCC[C@@H]6O)CC5)cc4)nc3n2n1. The van der Waals surface area contributed by atoms with Crippen LogP contribution in [0.5, 0.6) is 0 Å². The van der Waals surface area contributed by atoms with Gasteiger partial charge in [-0.3, -0.25) is 9.69 Å². The van der Waals surface area contributed by atoms with Gasteiger partial charge in [0.1, 0.15) is 0 Å². The van der Waals surface area contributed by atoms with Crippen LogP contribution < -0.4 is 5.32 Å². The second-order valence-electron chi connectivity index (χ2n) is 12.2. The first-order valence-electron chi connectivity index (χ1n) is 15.5. The predicted octanol–water partition coefficient (Wildman–Crippen LogP) is 5.55. The third-order valence-corrected chi connectivity index (χ3v) is 9.11. The van der Waals surface area contributed by atoms with Crippen LogP contribution in [0.25, 0.3) is 39.1 Å². The van der Waals surface area contributed by atoms with E-state index in [2.05, 4.69) is 74.9 Å². The zero-order valence-electron chi connectivity index (χ0n) is 24.6. The van der Waals surface area contributed by atoms with Gasteiger partial charge in [0.05, 0.1) is 23.5 Å². The molecule has 8 nitrogen and oxygen atoms in total. The molecule has 1 unspecified atom stereocenters. The highest BCUT2D eigenvalue weighted by atomic mass is 16.3. The third kappa shape index (κ3) is 5.77. The topological polar surface area (TPSA) is 95.7 Å². The quantitative estimate of drug-likeness (QED) is 0.276. The summed E-state index contributed by atoms with van der Waals surface area (Å²) in [6, 6.07) is 23.1.